The van der Waals surface area contributed by atoms with Gasteiger partial charge in [0.05, 0.1) is 12.0 Å². The highest BCUT2D eigenvalue weighted by Crippen LogP contribution is 2.27. The van der Waals surface area contributed by atoms with Crippen molar-refractivity contribution in [3.05, 3.63) is 18.2 Å². The number of nitrogens with one attached hydrogen (secondary N) is 1. The van der Waals surface area contributed by atoms with Crippen LogP contribution < -0.4 is 4.57 Å². The van der Waals surface area contributed by atoms with Crippen molar-refractivity contribution >= 4 is 0 Å². The summed E-state index contributed by atoms with van der Waals surface area (Å²) in [5.74, 6) is 2.24. The third-order valence-corrected chi connectivity index (χ3v) is 8.89. The van der Waals surface area contributed by atoms with Crippen molar-refractivity contribution in [1.29, 1.82) is 0 Å². The number of aromatic nitrogens is 2. The maximum Gasteiger partial charge on any atom is 0.257 e. The van der Waals surface area contributed by atoms with Crippen LogP contribution >= 0.6 is 0 Å². The number of nitrogens with zero attached hydrogens (tertiary/aromatic N) is 1. The first-order valence-corrected chi connectivity index (χ1v) is 17.8. The highest BCUT2D eigenvalue weighted by molar-refractivity contribution is 4.90. The lowest BCUT2D eigenvalue weighted by atomic mass is 9.92. The Kier molecular flexibility index (Phi) is 24.5. The molecule has 0 aromatic carbocycles. The molecule has 0 saturated heterocycles. The van der Waals surface area contributed by atoms with Gasteiger partial charge in [-0.2, -0.15) is 0 Å². The molecule has 224 valence electrons. The van der Waals surface area contributed by atoms with Crippen molar-refractivity contribution in [2.24, 2.45) is 0 Å². The lowest BCUT2D eigenvalue weighted by Gasteiger charge is -2.17. The molecule has 1 aromatic heterocycles. The zero-order valence-corrected chi connectivity index (χ0v) is 26.8. The SMILES string of the molecule is CCCCCCCCCCCCCC(CCCCCCCCCCCCC)c1[nH]cc[n+]1C(C)CCCC. The molecule has 0 aliphatic heterocycles. The fourth-order valence-electron chi connectivity index (χ4n) is 6.24. The first-order valence-electron chi connectivity index (χ1n) is 17.8. The van der Waals surface area contributed by atoms with Gasteiger partial charge < -0.3 is 0 Å². The van der Waals surface area contributed by atoms with Crippen LogP contribution in [-0.2, 0) is 0 Å². The quantitative estimate of drug-likeness (QED) is 0.0783. The first kappa shape index (κ1) is 35.2. The molecule has 1 atom stereocenters. The van der Waals surface area contributed by atoms with Crippen LogP contribution in [0, 0.1) is 0 Å². The Morgan fingerprint density at radius 1 is 0.500 bits per heavy atom. The lowest BCUT2D eigenvalue weighted by Crippen LogP contribution is -2.41. The van der Waals surface area contributed by atoms with Gasteiger partial charge in [-0.3, -0.25) is 0 Å². The van der Waals surface area contributed by atoms with Crippen LogP contribution in [0.1, 0.15) is 219 Å². The molecule has 0 radical (unpaired) electrons. The minimum Gasteiger partial charge on any atom is -0.247 e. The summed E-state index contributed by atoms with van der Waals surface area (Å²) in [5.41, 5.74) is 0. The first-order chi connectivity index (χ1) is 18.7. The standard InChI is InChI=1S/C36H70N2/c1-5-8-11-13-15-17-19-21-23-25-27-30-35(36-37-32-33-38(36)34(4)29-10-7-3)31-28-26-24-22-20-18-16-14-12-9-6-2/h32-35H,5-31H2,1-4H3/p+1. The second kappa shape index (κ2) is 26.4. The van der Waals surface area contributed by atoms with Gasteiger partial charge in [-0.1, -0.05) is 168 Å². The van der Waals surface area contributed by atoms with E-state index in [9.17, 15) is 0 Å². The average molecular weight is 532 g/mol. The van der Waals surface area contributed by atoms with Crippen molar-refractivity contribution in [3.8, 4) is 0 Å². The van der Waals surface area contributed by atoms with Gasteiger partial charge >= 0.3 is 0 Å². The molecule has 0 bridgehead atoms. The second-order valence-electron chi connectivity index (χ2n) is 12.6. The summed E-state index contributed by atoms with van der Waals surface area (Å²) in [6.07, 6.45) is 42.8. The molecular weight excluding hydrogens is 460 g/mol. The molecule has 1 rings (SSSR count). The summed E-state index contributed by atoms with van der Waals surface area (Å²) >= 11 is 0. The fourth-order valence-corrected chi connectivity index (χ4v) is 6.24. The van der Waals surface area contributed by atoms with Gasteiger partial charge in [0.15, 0.2) is 0 Å². The third kappa shape index (κ3) is 18.5. The van der Waals surface area contributed by atoms with E-state index in [-0.39, 0.29) is 0 Å². The smallest absolute Gasteiger partial charge is 0.247 e. The molecule has 1 heterocycles. The van der Waals surface area contributed by atoms with Crippen molar-refractivity contribution in [2.45, 2.75) is 213 Å². The predicted molar refractivity (Wildman–Crippen MR) is 170 cm³/mol. The number of unbranched alkanes of at least 4 members (excludes halogenated alkanes) is 21. The molecule has 0 saturated carbocycles. The largest absolute Gasteiger partial charge is 0.257 e. The van der Waals surface area contributed by atoms with Crippen LogP contribution in [0.3, 0.4) is 0 Å². The molecule has 0 aliphatic rings. The molecule has 38 heavy (non-hydrogen) atoms. The number of imidazole rings is 1. The van der Waals surface area contributed by atoms with Gasteiger partial charge in [-0.25, -0.2) is 9.55 Å². The topological polar surface area (TPSA) is 19.7 Å². The van der Waals surface area contributed by atoms with Crippen molar-refractivity contribution in [1.82, 2.24) is 4.98 Å². The minimum absolute atomic E-state index is 0.619. The van der Waals surface area contributed by atoms with Gasteiger partial charge in [0.1, 0.15) is 12.4 Å². The molecule has 0 aliphatic carbocycles. The maximum absolute atomic E-state index is 3.71. The number of hydrogen-bond donors (Lipinski definition) is 1. The van der Waals surface area contributed by atoms with Gasteiger partial charge in [-0.15, -0.1) is 0 Å². The van der Waals surface area contributed by atoms with E-state index in [2.05, 4.69) is 49.6 Å². The molecule has 2 heteroatoms. The Balaban J connectivity index is 2.35. The number of aromatic amines is 1. The van der Waals surface area contributed by atoms with Gasteiger partial charge in [0.2, 0.25) is 0 Å². The van der Waals surface area contributed by atoms with E-state index in [1.54, 1.807) is 0 Å². The van der Waals surface area contributed by atoms with E-state index in [0.717, 1.165) is 0 Å². The maximum atomic E-state index is 3.71. The number of H-pyrrole nitrogens is 1. The average Bonchev–Trinajstić information content (AvgIpc) is 3.42. The van der Waals surface area contributed by atoms with E-state index >= 15 is 0 Å². The second-order valence-corrected chi connectivity index (χ2v) is 12.6. The summed E-state index contributed by atoms with van der Waals surface area (Å²) in [5, 5.41) is 0. The van der Waals surface area contributed by atoms with E-state index < -0.39 is 0 Å². The zero-order chi connectivity index (χ0) is 27.5. The van der Waals surface area contributed by atoms with Crippen LogP contribution in [-0.4, -0.2) is 4.98 Å². The Morgan fingerprint density at radius 2 is 0.868 bits per heavy atom. The normalized spacial score (nSPS) is 12.6. The van der Waals surface area contributed by atoms with Crippen LogP contribution in [0.4, 0.5) is 0 Å². The van der Waals surface area contributed by atoms with Crippen molar-refractivity contribution < 1.29 is 4.57 Å². The van der Waals surface area contributed by atoms with Crippen LogP contribution in [0.2, 0.25) is 0 Å². The van der Waals surface area contributed by atoms with Crippen molar-refractivity contribution in [3.63, 3.8) is 0 Å². The van der Waals surface area contributed by atoms with E-state index in [4.69, 9.17) is 0 Å². The summed E-state index contributed by atoms with van der Waals surface area (Å²) < 4.78 is 2.59. The third-order valence-electron chi connectivity index (χ3n) is 8.89. The van der Waals surface area contributed by atoms with Gasteiger partial charge in [-0.05, 0) is 32.6 Å². The lowest BCUT2D eigenvalue weighted by molar-refractivity contribution is -0.727. The van der Waals surface area contributed by atoms with E-state index in [1.165, 1.54) is 179 Å². The Morgan fingerprint density at radius 3 is 1.26 bits per heavy atom. The predicted octanol–water partition coefficient (Wildman–Crippen LogP) is 12.5. The molecule has 1 unspecified atom stereocenters. The van der Waals surface area contributed by atoms with Gasteiger partial charge in [0.25, 0.3) is 5.82 Å². The van der Waals surface area contributed by atoms with Crippen LogP contribution in [0.15, 0.2) is 12.4 Å². The Labute approximate surface area is 240 Å². The molecule has 1 N–H and O–H groups in total. The Hall–Kier alpha value is -0.790. The number of rotatable bonds is 29. The molecule has 0 fully saturated rings. The van der Waals surface area contributed by atoms with Crippen LogP contribution in [0.5, 0.6) is 0 Å². The molecular formula is C36H71N2+. The molecule has 1 aromatic rings. The molecule has 0 amide bonds. The summed E-state index contributed by atoms with van der Waals surface area (Å²) in [6.45, 7) is 9.36. The highest BCUT2D eigenvalue weighted by atomic mass is 15.1. The summed E-state index contributed by atoms with van der Waals surface area (Å²) in [4.78, 5) is 3.71. The van der Waals surface area contributed by atoms with Crippen molar-refractivity contribution in [2.75, 3.05) is 0 Å². The monoisotopic (exact) mass is 532 g/mol. The highest BCUT2D eigenvalue weighted by Gasteiger charge is 2.25. The molecule has 2 nitrogen and oxygen atoms in total. The zero-order valence-electron chi connectivity index (χ0n) is 26.8. The fraction of sp³-hybridized carbons (Fsp3) is 0.917. The summed E-state index contributed by atoms with van der Waals surface area (Å²) in [6, 6.07) is 0.619. The summed E-state index contributed by atoms with van der Waals surface area (Å²) in [7, 11) is 0. The van der Waals surface area contributed by atoms with Crippen LogP contribution in [0.25, 0.3) is 0 Å². The molecule has 0 spiro atoms. The van der Waals surface area contributed by atoms with E-state index in [0.29, 0.717) is 12.0 Å². The number of hydrogen-bond acceptors (Lipinski definition) is 0. The van der Waals surface area contributed by atoms with E-state index in [1.807, 2.05) is 0 Å². The van der Waals surface area contributed by atoms with Gasteiger partial charge in [0, 0.05) is 0 Å². The minimum atomic E-state index is 0.619. The Bertz CT molecular complexity index is 566.